The lowest BCUT2D eigenvalue weighted by molar-refractivity contribution is -0.401. The van der Waals surface area contributed by atoms with Gasteiger partial charge in [0.25, 0.3) is 5.79 Å². The highest BCUT2D eigenvalue weighted by Gasteiger charge is 2.65. The molecule has 0 aromatic rings. The highest BCUT2D eigenvalue weighted by Crippen LogP contribution is 2.44. The van der Waals surface area contributed by atoms with Gasteiger partial charge in [-0.25, -0.2) is 4.79 Å². The molecule has 11 rings (SSSR count). The molecule has 11 heterocycles. The number of carboxylic acids is 1. The Morgan fingerprint density at radius 1 is 0.303 bits per heavy atom. The maximum atomic E-state index is 13.4. The third-order valence-corrected chi connectivity index (χ3v) is 25.9. The molecule has 63 heteroatoms. The number of aliphatic carboxylic acids is 1. The van der Waals surface area contributed by atoms with Crippen molar-refractivity contribution in [2.75, 3.05) is 66.1 Å². The Balaban J connectivity index is 0.920. The molecule has 0 radical (unpaired) electrons. The van der Waals surface area contributed by atoms with Crippen molar-refractivity contribution in [1.82, 2.24) is 26.6 Å². The lowest BCUT2D eigenvalue weighted by atomic mass is 9.88. The summed E-state index contributed by atoms with van der Waals surface area (Å²) >= 11 is 0. The fourth-order valence-electron chi connectivity index (χ4n) is 18.4. The van der Waals surface area contributed by atoms with Crippen LogP contribution in [-0.4, -0.2) is 603 Å². The SMILES string of the molecule is CC(=O)N[C@@H]1[C@H](O[C@@H]2[C@@H](O[C@@H]3[C@H](O)[C@H](O[C@H]4[C@H](O)[C@@H](NC(C)=O)[C@H](O[C@H]5[C@H](O)[C@@H](NC(C)=O)[C@H](O)O[C@@H]5CO[C@H]5O[C@H](C)[C@H](O)[C@H](O)[C@H]5O)O[C@@H]4CO)O[C@H](CO[C@H]4O[C@H](CO)[C@@H](O)[C@H](O)[C@@H]4O[C@@H]4O[C@H](CO)[C@@H](O[C@@H]5O[C@H](CO)[C@H](O)[C@H](O)[C@H]5O)[C@H](O)[C@H]4NC(C)=O)[C@H]3O)O[C@H](CO)[C@@H](O)[C@@H]2O)O[C@H](CO)[C@@H](O[C@@H]2O[C@H](CO)[C@H](O)[C@H](O[C@]3(C(=O)O)C[C@H](O)[C@@H](NC(C)=O)[C@H]([C@@H](O)[C@H](O)CO)O3)[C@H]2O)[C@@H]1O. The van der Waals surface area contributed by atoms with Gasteiger partial charge in [-0.1, -0.05) is 0 Å². The summed E-state index contributed by atoms with van der Waals surface area (Å²) in [4.78, 5) is 77.9. The standard InChI is InChI=1S/C79H131N5O58/c1-18-40(100)51(111)55(115)72(124-18)122-17-34-62(47(107)36(68(119)125-34)81-20(3)94)134-69-37(82-21(4)95)48(108)60(31(14-91)130-69)136-74-57(117)64(46(106)33(133-74)16-123-76-66(53(113)43(103)27(10-87)128-76)139-70-38(83-22(5)96)49(109)59(30(13-90)131-70)135-73-56(116)52(112)42(102)26(9-86)126-73)138-77-67(54(114)44(104)28(11-88)129-77)140-71-39(84-23(6)97)50(110)61(32(15-92)132-71)137-75-58(118)65(45(105)29(12-89)127-75)142-79(78(120)121)7-24(98)35(80-19(2)93)63(141-79)41(101)25(99)8-85/h18,24-77,85-92,98-119H,7-17H2,1-6H3,(H,80,93)(H,81,94)(H,82,95)(H,83,96)(H,84,97)(H,120,121)/t18-,24+,25-,26-,27-,28-,29-,30-,31-,32-,33-,34-,35-,36-,37-,38-,39+,40+,41+,42+,43-,44-,45+,46-,47-,48-,49-,50-,51+,52+,53+,54+,55-,56-,57+,58-,59-,60-,61-,62-,63-,64+,65+,66+,67+,68-,69+,70+,71+,72+,73+,74+,75+,76+,77-,79+/m1/s1. The number of nitrogens with one attached hydrogen (secondary N) is 5. The van der Waals surface area contributed by atoms with Gasteiger partial charge in [-0.3, -0.25) is 24.0 Å². The zero-order valence-electron chi connectivity index (χ0n) is 76.4. The number of carbonyl (C=O) groups excluding carboxylic acids is 5. The van der Waals surface area contributed by atoms with Crippen LogP contribution in [0.15, 0.2) is 0 Å². The number of aliphatic hydroxyl groups excluding tert-OH is 30. The molecule has 142 heavy (non-hydrogen) atoms. The van der Waals surface area contributed by atoms with Crippen LogP contribution in [0.2, 0.25) is 0 Å². The maximum absolute atomic E-state index is 13.4. The van der Waals surface area contributed by atoms with Crippen LogP contribution in [0.1, 0.15) is 48.0 Å². The number of rotatable bonds is 38. The predicted molar refractivity (Wildman–Crippen MR) is 436 cm³/mol. The second-order valence-corrected chi connectivity index (χ2v) is 36.0. The topological polar surface area (TPSA) is 984 Å². The van der Waals surface area contributed by atoms with E-state index in [4.69, 9.17) is 99.5 Å². The molecule has 0 unspecified atom stereocenters. The van der Waals surface area contributed by atoms with E-state index in [1.165, 1.54) is 6.92 Å². The Hall–Kier alpha value is -5.22. The molecule has 63 nitrogen and oxygen atoms in total. The predicted octanol–water partition coefficient (Wildman–Crippen LogP) is -24.0. The third kappa shape index (κ3) is 25.8. The van der Waals surface area contributed by atoms with Gasteiger partial charge in [-0.05, 0) is 6.92 Å². The van der Waals surface area contributed by atoms with Gasteiger partial charge in [0.2, 0.25) is 29.5 Å². The Kier molecular flexibility index (Phi) is 41.7. The molecular formula is C79H131N5O58. The minimum absolute atomic E-state index is 0.840. The fraction of sp³-hybridized carbons (Fsp3) is 0.924. The molecule has 11 aliphatic rings. The zero-order chi connectivity index (χ0) is 105. The van der Waals surface area contributed by atoms with Gasteiger partial charge in [0, 0.05) is 41.0 Å². The summed E-state index contributed by atoms with van der Waals surface area (Å²) in [5, 5.41) is 361. The smallest absolute Gasteiger partial charge is 0.364 e. The van der Waals surface area contributed by atoms with E-state index >= 15 is 0 Å². The molecule has 36 N–H and O–H groups in total. The lowest BCUT2D eigenvalue weighted by Crippen LogP contribution is -2.71. The summed E-state index contributed by atoms with van der Waals surface area (Å²) in [5.41, 5.74) is 0. The zero-order valence-corrected chi connectivity index (χ0v) is 76.4. The molecule has 820 valence electrons. The summed E-state index contributed by atoms with van der Waals surface area (Å²) in [7, 11) is 0. The first-order chi connectivity index (χ1) is 67.0. The van der Waals surface area contributed by atoms with Crippen LogP contribution < -0.4 is 26.6 Å². The van der Waals surface area contributed by atoms with E-state index < -0.39 is 451 Å². The minimum atomic E-state index is -3.35. The van der Waals surface area contributed by atoms with Crippen molar-refractivity contribution in [3.05, 3.63) is 0 Å². The van der Waals surface area contributed by atoms with Crippen molar-refractivity contribution in [1.29, 1.82) is 0 Å². The summed E-state index contributed by atoms with van der Waals surface area (Å²) < 4.78 is 125. The van der Waals surface area contributed by atoms with Crippen LogP contribution in [0, 0.1) is 0 Å². The van der Waals surface area contributed by atoms with Crippen LogP contribution >= 0.6 is 0 Å². The van der Waals surface area contributed by atoms with E-state index in [1.54, 1.807) is 0 Å². The molecule has 0 aromatic carbocycles. The number of amides is 5. The Labute approximate surface area is 803 Å². The largest absolute Gasteiger partial charge is 0.477 e. The Morgan fingerprint density at radius 2 is 0.620 bits per heavy atom. The third-order valence-electron chi connectivity index (χ3n) is 25.9. The van der Waals surface area contributed by atoms with Crippen molar-refractivity contribution in [2.24, 2.45) is 0 Å². The number of carboxylic acid groups (broad SMARTS) is 1. The molecule has 11 saturated heterocycles. The number of aliphatic hydroxyl groups is 30. The van der Waals surface area contributed by atoms with Crippen molar-refractivity contribution >= 4 is 35.5 Å². The molecular weight excluding hydrogens is 1950 g/mol. The molecule has 0 saturated carbocycles. The van der Waals surface area contributed by atoms with Gasteiger partial charge in [0.15, 0.2) is 62.9 Å². The highest BCUT2D eigenvalue weighted by molar-refractivity contribution is 5.77. The maximum Gasteiger partial charge on any atom is 0.364 e. The average Bonchev–Trinajstić information content (AvgIpc) is 0.572. The fourth-order valence-corrected chi connectivity index (χ4v) is 18.4. The Bertz CT molecular complexity index is 4010. The average molecular weight is 2080 g/mol. The Morgan fingerprint density at radius 3 is 1.06 bits per heavy atom. The van der Waals surface area contributed by atoms with Gasteiger partial charge >= 0.3 is 5.97 Å². The molecule has 56 atom stereocenters. The van der Waals surface area contributed by atoms with Crippen molar-refractivity contribution in [3.8, 4) is 0 Å². The second kappa shape index (κ2) is 50.6. The van der Waals surface area contributed by atoms with Gasteiger partial charge in [0.05, 0.1) is 84.3 Å². The van der Waals surface area contributed by atoms with E-state index in [2.05, 4.69) is 26.6 Å². The van der Waals surface area contributed by atoms with Crippen molar-refractivity contribution in [3.63, 3.8) is 0 Å². The lowest BCUT2D eigenvalue weighted by Gasteiger charge is -2.51. The molecule has 11 fully saturated rings. The van der Waals surface area contributed by atoms with Crippen LogP contribution in [-0.2, 0) is 128 Å². The van der Waals surface area contributed by atoms with E-state index in [-0.39, 0.29) is 0 Å². The molecule has 0 spiro atoms. The molecule has 0 aromatic heterocycles. The van der Waals surface area contributed by atoms with Crippen molar-refractivity contribution < 1.29 is 287 Å². The summed E-state index contributed by atoms with van der Waals surface area (Å²) in [5.74, 6) is -10.4. The molecule has 0 bridgehead atoms. The van der Waals surface area contributed by atoms with Gasteiger partial charge in [-0.15, -0.1) is 0 Å². The number of ether oxygens (including phenoxy) is 21. The van der Waals surface area contributed by atoms with Crippen LogP contribution in [0.25, 0.3) is 0 Å². The minimum Gasteiger partial charge on any atom is -0.477 e. The van der Waals surface area contributed by atoms with Gasteiger partial charge in [-0.2, -0.15) is 0 Å². The normalized spacial score (nSPS) is 48.0. The monoisotopic (exact) mass is 2080 g/mol. The van der Waals surface area contributed by atoms with E-state index in [9.17, 15) is 187 Å². The molecule has 0 aliphatic carbocycles. The first-order valence-electron chi connectivity index (χ1n) is 45.1. The summed E-state index contributed by atoms with van der Waals surface area (Å²) in [6.45, 7) is -6.14. The number of hydrogen-bond donors (Lipinski definition) is 36. The van der Waals surface area contributed by atoms with Crippen LogP contribution in [0.3, 0.4) is 0 Å². The number of hydrogen-bond acceptors (Lipinski definition) is 57. The summed E-state index contributed by atoms with van der Waals surface area (Å²) in [6, 6.07) is -9.82. The summed E-state index contributed by atoms with van der Waals surface area (Å²) in [6.07, 6.45) is -111. The first-order valence-corrected chi connectivity index (χ1v) is 45.1. The highest BCUT2D eigenvalue weighted by atomic mass is 16.8. The number of carbonyl (C=O) groups is 6. The van der Waals surface area contributed by atoms with E-state index in [0.717, 1.165) is 34.6 Å². The van der Waals surface area contributed by atoms with Gasteiger partial charge in [0.1, 0.15) is 256 Å². The quantitative estimate of drug-likeness (QED) is 0.0273. The molecule has 11 aliphatic heterocycles. The molecule has 5 amide bonds. The van der Waals surface area contributed by atoms with Crippen LogP contribution in [0.5, 0.6) is 0 Å². The van der Waals surface area contributed by atoms with E-state index in [0.29, 0.717) is 0 Å². The first kappa shape index (κ1) is 117. The second-order valence-electron chi connectivity index (χ2n) is 36.0. The van der Waals surface area contributed by atoms with Crippen molar-refractivity contribution in [2.45, 2.75) is 391 Å². The van der Waals surface area contributed by atoms with Gasteiger partial charge < -0.3 is 284 Å². The van der Waals surface area contributed by atoms with E-state index in [1.807, 2.05) is 0 Å². The van der Waals surface area contributed by atoms with Crippen LogP contribution in [0.4, 0.5) is 0 Å².